The predicted octanol–water partition coefficient (Wildman–Crippen LogP) is 1.22. The van der Waals surface area contributed by atoms with E-state index in [4.69, 9.17) is 10.5 Å². The van der Waals surface area contributed by atoms with Gasteiger partial charge in [-0.25, -0.2) is 0 Å². The number of hydrogen-bond donors (Lipinski definition) is 1. The largest absolute Gasteiger partial charge is 0.373 e. The zero-order chi connectivity index (χ0) is 10.8. The van der Waals surface area contributed by atoms with Crippen LogP contribution in [0.3, 0.4) is 0 Å². The van der Waals surface area contributed by atoms with Gasteiger partial charge in [-0.2, -0.15) is 0 Å². The molecule has 2 atom stereocenters. The molecule has 0 aromatic heterocycles. The van der Waals surface area contributed by atoms with E-state index in [1.165, 1.54) is 0 Å². The van der Waals surface area contributed by atoms with Gasteiger partial charge in [-0.15, -0.1) is 0 Å². The Balaban J connectivity index is 2.51. The van der Waals surface area contributed by atoms with Crippen LogP contribution in [-0.4, -0.2) is 42.3 Å². The molecule has 1 aliphatic rings. The van der Waals surface area contributed by atoms with Gasteiger partial charge in [0.15, 0.2) is 0 Å². The topological polar surface area (TPSA) is 38.5 Å². The predicted molar refractivity (Wildman–Crippen MR) is 59.3 cm³/mol. The number of nitrogens with zero attached hydrogens (tertiary/aromatic N) is 1. The molecule has 0 aromatic rings. The molecule has 0 aromatic carbocycles. The van der Waals surface area contributed by atoms with E-state index in [0.717, 1.165) is 26.1 Å². The first kappa shape index (κ1) is 12.0. The second-order valence-corrected chi connectivity index (χ2v) is 4.89. The minimum atomic E-state index is -0.0139. The van der Waals surface area contributed by atoms with Gasteiger partial charge in [0, 0.05) is 25.2 Å². The maximum Gasteiger partial charge on any atom is 0.0753 e. The highest BCUT2D eigenvalue weighted by Gasteiger charge is 2.31. The first-order valence-electron chi connectivity index (χ1n) is 5.60. The summed E-state index contributed by atoms with van der Waals surface area (Å²) in [7, 11) is 0. The highest BCUT2D eigenvalue weighted by atomic mass is 16.5. The Morgan fingerprint density at radius 3 is 2.64 bits per heavy atom. The lowest BCUT2D eigenvalue weighted by atomic mass is 10.0. The zero-order valence-corrected chi connectivity index (χ0v) is 9.92. The van der Waals surface area contributed by atoms with E-state index < -0.39 is 0 Å². The molecule has 1 saturated heterocycles. The van der Waals surface area contributed by atoms with Crippen molar-refractivity contribution >= 4 is 0 Å². The van der Waals surface area contributed by atoms with Gasteiger partial charge >= 0.3 is 0 Å². The molecule has 1 aliphatic heterocycles. The second-order valence-electron chi connectivity index (χ2n) is 4.89. The summed E-state index contributed by atoms with van der Waals surface area (Å²) in [6, 6.07) is 0.743. The van der Waals surface area contributed by atoms with Crippen LogP contribution >= 0.6 is 0 Å². The Morgan fingerprint density at radius 2 is 2.14 bits per heavy atom. The minimum Gasteiger partial charge on any atom is -0.373 e. The Labute approximate surface area is 87.6 Å². The van der Waals surface area contributed by atoms with Crippen LogP contribution in [0.5, 0.6) is 0 Å². The molecule has 3 nitrogen and oxygen atoms in total. The lowest BCUT2D eigenvalue weighted by Gasteiger charge is -2.42. The van der Waals surface area contributed by atoms with Gasteiger partial charge in [0.05, 0.1) is 12.2 Å². The summed E-state index contributed by atoms with van der Waals surface area (Å²) in [5.41, 5.74) is 6.04. The summed E-state index contributed by atoms with van der Waals surface area (Å²) in [6.45, 7) is 11.5. The minimum absolute atomic E-state index is 0.0139. The summed E-state index contributed by atoms with van der Waals surface area (Å²) in [6.07, 6.45) is 1.04. The van der Waals surface area contributed by atoms with Gasteiger partial charge in [0.1, 0.15) is 0 Å². The quantitative estimate of drug-likeness (QED) is 0.744. The lowest BCUT2D eigenvalue weighted by Crippen LogP contribution is -2.55. The van der Waals surface area contributed by atoms with Gasteiger partial charge < -0.3 is 10.5 Å². The summed E-state index contributed by atoms with van der Waals surface area (Å²) in [5, 5.41) is 0. The molecule has 14 heavy (non-hydrogen) atoms. The Bertz CT molecular complexity index is 182. The molecule has 1 heterocycles. The van der Waals surface area contributed by atoms with Crippen molar-refractivity contribution in [3.63, 3.8) is 0 Å². The molecular formula is C11H24N2O. The van der Waals surface area contributed by atoms with Crippen LogP contribution in [0, 0.1) is 0 Å². The van der Waals surface area contributed by atoms with E-state index in [0.29, 0.717) is 6.04 Å². The SMILES string of the molecule is CCC(N)C(C)N1CCOC(C)(C)C1. The van der Waals surface area contributed by atoms with E-state index in [2.05, 4.69) is 32.6 Å². The van der Waals surface area contributed by atoms with Crippen molar-refractivity contribution in [2.45, 2.75) is 51.8 Å². The number of nitrogens with two attached hydrogens (primary N) is 1. The van der Waals surface area contributed by atoms with Crippen LogP contribution in [0.2, 0.25) is 0 Å². The average Bonchev–Trinajstić information content (AvgIpc) is 2.14. The molecule has 0 saturated carbocycles. The number of rotatable bonds is 3. The van der Waals surface area contributed by atoms with Crippen LogP contribution in [0.25, 0.3) is 0 Å². The van der Waals surface area contributed by atoms with E-state index in [1.807, 2.05) is 0 Å². The van der Waals surface area contributed by atoms with E-state index in [1.54, 1.807) is 0 Å². The Kier molecular flexibility index (Phi) is 3.93. The summed E-state index contributed by atoms with van der Waals surface area (Å²) in [5.74, 6) is 0. The van der Waals surface area contributed by atoms with Crippen molar-refractivity contribution in [1.29, 1.82) is 0 Å². The molecule has 2 unspecified atom stereocenters. The maximum absolute atomic E-state index is 6.05. The van der Waals surface area contributed by atoms with Crippen LogP contribution in [0.1, 0.15) is 34.1 Å². The molecule has 84 valence electrons. The molecule has 1 fully saturated rings. The first-order chi connectivity index (χ1) is 6.46. The average molecular weight is 200 g/mol. The Morgan fingerprint density at radius 1 is 1.50 bits per heavy atom. The van der Waals surface area contributed by atoms with Crippen LogP contribution in [0.15, 0.2) is 0 Å². The first-order valence-corrected chi connectivity index (χ1v) is 5.60. The number of morpholine rings is 1. The fourth-order valence-electron chi connectivity index (χ4n) is 2.01. The van der Waals surface area contributed by atoms with Crippen molar-refractivity contribution in [2.75, 3.05) is 19.7 Å². The third kappa shape index (κ3) is 2.94. The fourth-order valence-corrected chi connectivity index (χ4v) is 2.01. The highest BCUT2D eigenvalue weighted by Crippen LogP contribution is 2.19. The van der Waals surface area contributed by atoms with Crippen LogP contribution < -0.4 is 5.73 Å². The molecule has 0 radical (unpaired) electrons. The standard InChI is InChI=1S/C11H24N2O/c1-5-10(12)9(2)13-6-7-14-11(3,4)8-13/h9-10H,5-8,12H2,1-4H3. The highest BCUT2D eigenvalue weighted by molar-refractivity contribution is 4.85. The van der Waals surface area contributed by atoms with Crippen molar-refractivity contribution in [3.05, 3.63) is 0 Å². The van der Waals surface area contributed by atoms with Crippen LogP contribution in [0.4, 0.5) is 0 Å². The van der Waals surface area contributed by atoms with Crippen molar-refractivity contribution in [2.24, 2.45) is 5.73 Å². The maximum atomic E-state index is 6.05. The normalized spacial score (nSPS) is 27.2. The molecular weight excluding hydrogens is 176 g/mol. The van der Waals surface area contributed by atoms with Gasteiger partial charge in [-0.1, -0.05) is 6.92 Å². The monoisotopic (exact) mass is 200 g/mol. The smallest absolute Gasteiger partial charge is 0.0753 e. The van der Waals surface area contributed by atoms with Gasteiger partial charge in [-0.05, 0) is 27.2 Å². The summed E-state index contributed by atoms with van der Waals surface area (Å²) < 4.78 is 5.68. The molecule has 0 amide bonds. The molecule has 0 bridgehead atoms. The second kappa shape index (κ2) is 4.60. The van der Waals surface area contributed by atoms with Gasteiger partial charge in [0.25, 0.3) is 0 Å². The van der Waals surface area contributed by atoms with Crippen LogP contribution in [-0.2, 0) is 4.74 Å². The molecule has 0 aliphatic carbocycles. The van der Waals surface area contributed by atoms with Crippen molar-refractivity contribution in [1.82, 2.24) is 4.90 Å². The molecule has 0 spiro atoms. The third-order valence-electron chi connectivity index (χ3n) is 3.12. The van der Waals surface area contributed by atoms with Crippen molar-refractivity contribution in [3.8, 4) is 0 Å². The number of ether oxygens (including phenoxy) is 1. The number of hydrogen-bond acceptors (Lipinski definition) is 3. The third-order valence-corrected chi connectivity index (χ3v) is 3.12. The van der Waals surface area contributed by atoms with E-state index in [9.17, 15) is 0 Å². The van der Waals surface area contributed by atoms with Crippen molar-refractivity contribution < 1.29 is 4.74 Å². The summed E-state index contributed by atoms with van der Waals surface area (Å²) in [4.78, 5) is 2.44. The summed E-state index contributed by atoms with van der Waals surface area (Å²) >= 11 is 0. The van der Waals surface area contributed by atoms with Gasteiger partial charge in [-0.3, -0.25) is 4.90 Å². The van der Waals surface area contributed by atoms with E-state index >= 15 is 0 Å². The lowest BCUT2D eigenvalue weighted by molar-refractivity contribution is -0.0974. The van der Waals surface area contributed by atoms with Gasteiger partial charge in [0.2, 0.25) is 0 Å². The van der Waals surface area contributed by atoms with E-state index in [-0.39, 0.29) is 11.6 Å². The molecule has 2 N–H and O–H groups in total. The fraction of sp³-hybridized carbons (Fsp3) is 1.00. The molecule has 1 rings (SSSR count). The molecule has 3 heteroatoms. The Hall–Kier alpha value is -0.120. The zero-order valence-electron chi connectivity index (χ0n) is 9.92.